The summed E-state index contributed by atoms with van der Waals surface area (Å²) in [6.07, 6.45) is -0.926. The zero-order valence-corrected chi connectivity index (χ0v) is 9.53. The van der Waals surface area contributed by atoms with Gasteiger partial charge in [-0.2, -0.15) is 0 Å². The van der Waals surface area contributed by atoms with Crippen LogP contribution in [0.2, 0.25) is 0 Å². The maximum Gasteiger partial charge on any atom is 0.319 e. The lowest BCUT2D eigenvalue weighted by molar-refractivity contribution is -0.142. The molecule has 0 saturated carbocycles. The van der Waals surface area contributed by atoms with Gasteiger partial charge in [-0.25, -0.2) is 8.42 Å². The van der Waals surface area contributed by atoms with Crippen LogP contribution < -0.4 is 0 Å². The van der Waals surface area contributed by atoms with Crippen LogP contribution in [-0.4, -0.2) is 68.7 Å². The summed E-state index contributed by atoms with van der Waals surface area (Å²) in [5.41, 5.74) is 0. The summed E-state index contributed by atoms with van der Waals surface area (Å²) in [7, 11) is -0.325. The third-order valence-electron chi connectivity index (χ3n) is 2.47. The monoisotopic (exact) mass is 237 g/mol. The number of aliphatic hydroxyl groups excluding tert-OH is 1. The average molecular weight is 237 g/mol. The number of carbonyl (C=O) groups excluding carboxylic acids is 1. The summed E-state index contributed by atoms with van der Waals surface area (Å²) in [5.74, 6) is -0.792. The Labute approximate surface area is 88.7 Å². The molecule has 0 aromatic heterocycles. The van der Waals surface area contributed by atoms with E-state index < -0.39 is 28.0 Å². The summed E-state index contributed by atoms with van der Waals surface area (Å²) < 4.78 is 26.9. The van der Waals surface area contributed by atoms with Gasteiger partial charge in [0.2, 0.25) is 0 Å². The summed E-state index contributed by atoms with van der Waals surface area (Å²) in [6.45, 7) is -0.0201. The maximum absolute atomic E-state index is 11.2. The highest BCUT2D eigenvalue weighted by molar-refractivity contribution is 7.91. The topological polar surface area (TPSA) is 83.9 Å². The smallest absolute Gasteiger partial charge is 0.319 e. The lowest BCUT2D eigenvalue weighted by Gasteiger charge is -2.24. The second-order valence-corrected chi connectivity index (χ2v) is 5.86. The molecule has 0 bridgehead atoms. The van der Waals surface area contributed by atoms with Crippen molar-refractivity contribution >= 4 is 15.8 Å². The molecule has 0 radical (unpaired) electrons. The number of methoxy groups -OCH3 is 1. The number of aliphatic hydroxyl groups is 1. The Morgan fingerprint density at radius 2 is 2.13 bits per heavy atom. The molecule has 88 valence electrons. The Hall–Kier alpha value is -0.660. The van der Waals surface area contributed by atoms with Gasteiger partial charge in [0, 0.05) is 0 Å². The van der Waals surface area contributed by atoms with Gasteiger partial charge in [0.15, 0.2) is 9.84 Å². The van der Waals surface area contributed by atoms with Gasteiger partial charge in [-0.1, -0.05) is 0 Å². The van der Waals surface area contributed by atoms with Crippen molar-refractivity contribution in [2.75, 3.05) is 32.2 Å². The van der Waals surface area contributed by atoms with E-state index in [1.54, 1.807) is 7.05 Å². The second kappa shape index (κ2) is 4.46. The minimum atomic E-state index is -3.18. The summed E-state index contributed by atoms with van der Waals surface area (Å²) in [6, 6.07) is -0.519. The predicted molar refractivity (Wildman–Crippen MR) is 53.1 cm³/mol. The SMILES string of the molecule is COC(=O)CN(C)C1CS(=O)(=O)CC1O. The minimum absolute atomic E-state index is 0.0201. The molecule has 1 heterocycles. The van der Waals surface area contributed by atoms with Crippen molar-refractivity contribution in [2.45, 2.75) is 12.1 Å². The largest absolute Gasteiger partial charge is 0.468 e. The standard InChI is InChI=1S/C8H15NO5S/c1-9(3-8(11)14-2)6-4-15(12,13)5-7(6)10/h6-7,10H,3-5H2,1-2H3. The molecule has 0 spiro atoms. The summed E-state index contributed by atoms with van der Waals surface area (Å²) in [4.78, 5) is 12.5. The van der Waals surface area contributed by atoms with Gasteiger partial charge in [-0.05, 0) is 7.05 Å². The molecule has 2 atom stereocenters. The van der Waals surface area contributed by atoms with Crippen LogP contribution in [0, 0.1) is 0 Å². The highest BCUT2D eigenvalue weighted by Gasteiger charge is 2.39. The Balaban J connectivity index is 2.61. The van der Waals surface area contributed by atoms with Crippen LogP contribution >= 0.6 is 0 Å². The molecule has 0 amide bonds. The number of likely N-dealkylation sites (N-methyl/N-ethyl adjacent to an activating group) is 1. The third-order valence-corrected chi connectivity index (χ3v) is 4.16. The van der Waals surface area contributed by atoms with Gasteiger partial charge in [0.25, 0.3) is 0 Å². The van der Waals surface area contributed by atoms with Crippen LogP contribution in [0.25, 0.3) is 0 Å². The Bertz CT molecular complexity index is 339. The van der Waals surface area contributed by atoms with Crippen molar-refractivity contribution in [1.82, 2.24) is 4.90 Å². The van der Waals surface area contributed by atoms with E-state index in [0.717, 1.165) is 0 Å². The third kappa shape index (κ3) is 3.15. The van der Waals surface area contributed by atoms with Gasteiger partial charge >= 0.3 is 5.97 Å². The Kier molecular flexibility index (Phi) is 3.69. The van der Waals surface area contributed by atoms with Crippen LogP contribution in [0.5, 0.6) is 0 Å². The van der Waals surface area contributed by atoms with E-state index in [1.807, 2.05) is 0 Å². The molecule has 15 heavy (non-hydrogen) atoms. The molecule has 6 nitrogen and oxygen atoms in total. The number of sulfone groups is 1. The zero-order chi connectivity index (χ0) is 11.6. The van der Waals surface area contributed by atoms with Gasteiger partial charge in [0.05, 0.1) is 37.3 Å². The molecule has 7 heteroatoms. The van der Waals surface area contributed by atoms with E-state index in [1.165, 1.54) is 12.0 Å². The first-order chi connectivity index (χ1) is 6.85. The normalized spacial score (nSPS) is 29.3. The molecule has 1 aliphatic rings. The van der Waals surface area contributed by atoms with Crippen molar-refractivity contribution in [3.8, 4) is 0 Å². The van der Waals surface area contributed by atoms with Crippen molar-refractivity contribution in [1.29, 1.82) is 0 Å². The fourth-order valence-corrected chi connectivity index (χ4v) is 3.49. The zero-order valence-electron chi connectivity index (χ0n) is 8.71. The van der Waals surface area contributed by atoms with E-state index in [0.29, 0.717) is 0 Å². The van der Waals surface area contributed by atoms with E-state index in [9.17, 15) is 18.3 Å². The van der Waals surface area contributed by atoms with Crippen LogP contribution in [-0.2, 0) is 19.4 Å². The molecular weight excluding hydrogens is 222 g/mol. The first-order valence-electron chi connectivity index (χ1n) is 4.51. The number of esters is 1. The van der Waals surface area contributed by atoms with E-state index >= 15 is 0 Å². The van der Waals surface area contributed by atoms with Gasteiger partial charge in [-0.15, -0.1) is 0 Å². The fourth-order valence-electron chi connectivity index (χ4n) is 1.62. The molecule has 1 fully saturated rings. The highest BCUT2D eigenvalue weighted by atomic mass is 32.2. The molecule has 1 aliphatic heterocycles. The quantitative estimate of drug-likeness (QED) is 0.586. The second-order valence-electron chi connectivity index (χ2n) is 3.70. The molecule has 0 aromatic carbocycles. The van der Waals surface area contributed by atoms with Gasteiger partial charge in [0.1, 0.15) is 0 Å². The fraction of sp³-hybridized carbons (Fsp3) is 0.875. The first kappa shape index (κ1) is 12.4. The molecular formula is C8H15NO5S. The number of nitrogens with zero attached hydrogens (tertiary/aromatic N) is 1. The van der Waals surface area contributed by atoms with E-state index in [-0.39, 0.29) is 18.1 Å². The summed E-state index contributed by atoms with van der Waals surface area (Å²) in [5, 5.41) is 9.51. The van der Waals surface area contributed by atoms with Crippen molar-refractivity contribution < 1.29 is 23.1 Å². The number of hydrogen-bond donors (Lipinski definition) is 1. The minimum Gasteiger partial charge on any atom is -0.468 e. The molecule has 1 N–H and O–H groups in total. The number of rotatable bonds is 3. The van der Waals surface area contributed by atoms with Crippen molar-refractivity contribution in [3.05, 3.63) is 0 Å². The first-order valence-corrected chi connectivity index (χ1v) is 6.33. The lowest BCUT2D eigenvalue weighted by Crippen LogP contribution is -2.43. The van der Waals surface area contributed by atoms with Gasteiger partial charge < -0.3 is 9.84 Å². The highest BCUT2D eigenvalue weighted by Crippen LogP contribution is 2.17. The number of ether oxygens (including phenoxy) is 1. The van der Waals surface area contributed by atoms with Crippen LogP contribution in [0.3, 0.4) is 0 Å². The Morgan fingerprint density at radius 1 is 1.53 bits per heavy atom. The molecule has 0 aliphatic carbocycles. The van der Waals surface area contributed by atoms with Crippen LogP contribution in [0.4, 0.5) is 0 Å². The summed E-state index contributed by atoms with van der Waals surface area (Å²) >= 11 is 0. The predicted octanol–water partition coefficient (Wildman–Crippen LogP) is -1.75. The van der Waals surface area contributed by atoms with E-state index in [2.05, 4.69) is 4.74 Å². The molecule has 1 rings (SSSR count). The lowest BCUT2D eigenvalue weighted by atomic mass is 10.2. The van der Waals surface area contributed by atoms with Crippen LogP contribution in [0.15, 0.2) is 0 Å². The van der Waals surface area contributed by atoms with E-state index in [4.69, 9.17) is 0 Å². The molecule has 1 saturated heterocycles. The number of hydrogen-bond acceptors (Lipinski definition) is 6. The molecule has 0 aromatic rings. The van der Waals surface area contributed by atoms with Gasteiger partial charge in [-0.3, -0.25) is 9.69 Å². The molecule has 2 unspecified atom stereocenters. The average Bonchev–Trinajstić information content (AvgIpc) is 2.39. The number of carbonyl (C=O) groups is 1. The maximum atomic E-state index is 11.2. The van der Waals surface area contributed by atoms with Crippen molar-refractivity contribution in [2.24, 2.45) is 0 Å². The van der Waals surface area contributed by atoms with Crippen LogP contribution in [0.1, 0.15) is 0 Å². The van der Waals surface area contributed by atoms with Crippen molar-refractivity contribution in [3.63, 3.8) is 0 Å². The Morgan fingerprint density at radius 3 is 2.53 bits per heavy atom.